The highest BCUT2D eigenvalue weighted by Gasteiger charge is 2.28. The van der Waals surface area contributed by atoms with Crippen molar-refractivity contribution in [3.63, 3.8) is 0 Å². The van der Waals surface area contributed by atoms with E-state index in [-0.39, 0.29) is 5.75 Å². The van der Waals surface area contributed by atoms with E-state index in [1.54, 1.807) is 12.3 Å². The minimum atomic E-state index is 0.127. The summed E-state index contributed by atoms with van der Waals surface area (Å²) in [7, 11) is 0. The molecule has 1 saturated carbocycles. The topological polar surface area (TPSA) is 84.3 Å². The van der Waals surface area contributed by atoms with Gasteiger partial charge in [-0.05, 0) is 37.1 Å². The lowest BCUT2D eigenvalue weighted by molar-refractivity contribution is 0.284. The van der Waals surface area contributed by atoms with E-state index in [0.29, 0.717) is 29.6 Å². The monoisotopic (exact) mass is 389 g/mol. The fourth-order valence-corrected chi connectivity index (χ4v) is 4.28. The van der Waals surface area contributed by atoms with Crippen molar-refractivity contribution in [3.05, 3.63) is 42.6 Å². The molecule has 0 amide bonds. The Kier molecular flexibility index (Phi) is 4.71. The van der Waals surface area contributed by atoms with E-state index in [4.69, 9.17) is 4.74 Å². The lowest BCUT2D eigenvalue weighted by Crippen LogP contribution is -2.42. The number of ether oxygens (including phenoxy) is 1. The molecule has 1 aliphatic heterocycles. The molecule has 148 valence electrons. The van der Waals surface area contributed by atoms with Gasteiger partial charge in [0.05, 0.1) is 12.2 Å². The SMILES string of the molecule is Oc1cc(-c2cccnn2)ccc1-c1cc2c(nn1)N(C1CCCCC1)CCO2. The summed E-state index contributed by atoms with van der Waals surface area (Å²) in [6.45, 7) is 1.50. The Morgan fingerprint density at radius 3 is 2.66 bits per heavy atom. The molecule has 7 nitrogen and oxygen atoms in total. The zero-order valence-electron chi connectivity index (χ0n) is 16.2. The first-order valence-corrected chi connectivity index (χ1v) is 10.2. The number of aromatic nitrogens is 4. The van der Waals surface area contributed by atoms with Crippen molar-refractivity contribution >= 4 is 5.82 Å². The first-order chi connectivity index (χ1) is 14.3. The van der Waals surface area contributed by atoms with Crippen molar-refractivity contribution in [3.8, 4) is 34.0 Å². The van der Waals surface area contributed by atoms with E-state index < -0.39 is 0 Å². The van der Waals surface area contributed by atoms with Gasteiger partial charge in [0.25, 0.3) is 0 Å². The highest BCUT2D eigenvalue weighted by molar-refractivity contribution is 5.74. The lowest BCUT2D eigenvalue weighted by Gasteiger charge is -2.38. The van der Waals surface area contributed by atoms with Gasteiger partial charge in [-0.15, -0.1) is 10.2 Å². The van der Waals surface area contributed by atoms with Gasteiger partial charge in [0.15, 0.2) is 11.6 Å². The first kappa shape index (κ1) is 17.8. The van der Waals surface area contributed by atoms with Crippen molar-refractivity contribution in [1.29, 1.82) is 0 Å². The molecule has 3 heterocycles. The van der Waals surface area contributed by atoms with E-state index in [9.17, 15) is 5.11 Å². The summed E-state index contributed by atoms with van der Waals surface area (Å²) in [4.78, 5) is 2.35. The lowest BCUT2D eigenvalue weighted by atomic mass is 9.94. The number of rotatable bonds is 3. The minimum Gasteiger partial charge on any atom is -0.507 e. The van der Waals surface area contributed by atoms with Crippen LogP contribution in [-0.4, -0.2) is 44.7 Å². The van der Waals surface area contributed by atoms with Crippen LogP contribution in [-0.2, 0) is 0 Å². The molecule has 3 aromatic rings. The van der Waals surface area contributed by atoms with Gasteiger partial charge < -0.3 is 14.7 Å². The first-order valence-electron chi connectivity index (χ1n) is 10.2. The molecular weight excluding hydrogens is 366 g/mol. The summed E-state index contributed by atoms with van der Waals surface area (Å²) in [5.41, 5.74) is 2.71. The molecule has 29 heavy (non-hydrogen) atoms. The maximum Gasteiger partial charge on any atom is 0.194 e. The second-order valence-electron chi connectivity index (χ2n) is 7.59. The van der Waals surface area contributed by atoms with Gasteiger partial charge in [-0.1, -0.05) is 25.3 Å². The number of phenols is 1. The molecule has 1 fully saturated rings. The fraction of sp³-hybridized carbons (Fsp3) is 0.364. The van der Waals surface area contributed by atoms with Gasteiger partial charge >= 0.3 is 0 Å². The third kappa shape index (κ3) is 3.48. The third-order valence-corrected chi connectivity index (χ3v) is 5.76. The highest BCUT2D eigenvalue weighted by Crippen LogP contribution is 2.38. The quantitative estimate of drug-likeness (QED) is 0.728. The zero-order chi connectivity index (χ0) is 19.6. The Morgan fingerprint density at radius 1 is 0.966 bits per heavy atom. The van der Waals surface area contributed by atoms with Crippen LogP contribution in [0.15, 0.2) is 42.6 Å². The van der Waals surface area contributed by atoms with Gasteiger partial charge in [0.2, 0.25) is 0 Å². The zero-order valence-corrected chi connectivity index (χ0v) is 16.2. The molecule has 2 aromatic heterocycles. The second-order valence-corrected chi connectivity index (χ2v) is 7.59. The van der Waals surface area contributed by atoms with Crippen LogP contribution >= 0.6 is 0 Å². The Balaban J connectivity index is 1.45. The predicted molar refractivity (Wildman–Crippen MR) is 110 cm³/mol. The van der Waals surface area contributed by atoms with Crippen LogP contribution in [0.1, 0.15) is 32.1 Å². The summed E-state index contributed by atoms with van der Waals surface area (Å²) in [6.07, 6.45) is 7.89. The van der Waals surface area contributed by atoms with Gasteiger partial charge in [-0.25, -0.2) is 0 Å². The Labute approximate surface area is 169 Å². The van der Waals surface area contributed by atoms with Gasteiger partial charge in [0, 0.05) is 29.4 Å². The van der Waals surface area contributed by atoms with Crippen LogP contribution in [0.2, 0.25) is 0 Å². The molecule has 1 aliphatic carbocycles. The molecule has 1 N–H and O–H groups in total. The molecule has 0 radical (unpaired) electrons. The largest absolute Gasteiger partial charge is 0.507 e. The van der Waals surface area contributed by atoms with E-state index in [2.05, 4.69) is 25.3 Å². The fourth-order valence-electron chi connectivity index (χ4n) is 4.28. The Morgan fingerprint density at radius 2 is 1.86 bits per heavy atom. The van der Waals surface area contributed by atoms with Crippen LogP contribution in [0.4, 0.5) is 5.82 Å². The molecule has 2 aliphatic rings. The summed E-state index contributed by atoms with van der Waals surface area (Å²) in [5, 5.41) is 27.5. The Hall–Kier alpha value is -3.22. The molecule has 0 atom stereocenters. The number of hydrogen-bond donors (Lipinski definition) is 1. The molecule has 0 bridgehead atoms. The van der Waals surface area contributed by atoms with Crippen LogP contribution in [0.3, 0.4) is 0 Å². The molecule has 7 heteroatoms. The van der Waals surface area contributed by atoms with Crippen molar-refractivity contribution in [2.75, 3.05) is 18.1 Å². The van der Waals surface area contributed by atoms with E-state index in [1.165, 1.54) is 32.1 Å². The Bertz CT molecular complexity index is 1010. The van der Waals surface area contributed by atoms with Gasteiger partial charge in [-0.2, -0.15) is 10.2 Å². The number of aromatic hydroxyl groups is 1. The van der Waals surface area contributed by atoms with Crippen LogP contribution in [0, 0.1) is 0 Å². The maximum absolute atomic E-state index is 10.6. The smallest absolute Gasteiger partial charge is 0.194 e. The van der Waals surface area contributed by atoms with Crippen molar-refractivity contribution in [1.82, 2.24) is 20.4 Å². The van der Waals surface area contributed by atoms with Gasteiger partial charge in [0.1, 0.15) is 18.1 Å². The summed E-state index contributed by atoms with van der Waals surface area (Å²) in [5.74, 6) is 1.69. The van der Waals surface area contributed by atoms with E-state index >= 15 is 0 Å². The number of nitrogens with zero attached hydrogens (tertiary/aromatic N) is 5. The van der Waals surface area contributed by atoms with Crippen LogP contribution < -0.4 is 9.64 Å². The highest BCUT2D eigenvalue weighted by atomic mass is 16.5. The van der Waals surface area contributed by atoms with E-state index in [1.807, 2.05) is 30.3 Å². The molecule has 0 saturated heterocycles. The average Bonchev–Trinajstić information content (AvgIpc) is 2.79. The number of anilines is 1. The summed E-state index contributed by atoms with van der Waals surface area (Å²) in [6, 6.07) is 11.5. The molecule has 1 aromatic carbocycles. The number of phenolic OH excluding ortho intramolecular Hbond substituents is 1. The van der Waals surface area contributed by atoms with Crippen molar-refractivity contribution in [2.45, 2.75) is 38.1 Å². The number of fused-ring (bicyclic) bond motifs is 1. The minimum absolute atomic E-state index is 0.127. The molecular formula is C22H23N5O2. The third-order valence-electron chi connectivity index (χ3n) is 5.76. The van der Waals surface area contributed by atoms with Crippen LogP contribution in [0.25, 0.3) is 22.5 Å². The van der Waals surface area contributed by atoms with Gasteiger partial charge in [-0.3, -0.25) is 0 Å². The van der Waals surface area contributed by atoms with Crippen molar-refractivity contribution < 1.29 is 9.84 Å². The summed E-state index contributed by atoms with van der Waals surface area (Å²) < 4.78 is 5.90. The second kappa shape index (κ2) is 7.66. The van der Waals surface area contributed by atoms with E-state index in [0.717, 1.165) is 23.7 Å². The normalized spacial score (nSPS) is 16.9. The number of benzene rings is 1. The average molecular weight is 389 g/mol. The van der Waals surface area contributed by atoms with Crippen molar-refractivity contribution in [2.24, 2.45) is 0 Å². The van der Waals surface area contributed by atoms with Crippen LogP contribution in [0.5, 0.6) is 11.5 Å². The standard InChI is InChI=1S/C22H23N5O2/c28-20-13-15(18-7-4-10-23-24-18)8-9-17(20)19-14-21-22(26-25-19)27(11-12-29-21)16-5-2-1-3-6-16/h4,7-10,13-14,16,28H,1-3,5-6,11-12H2. The molecule has 5 rings (SSSR count). The molecule has 0 spiro atoms. The maximum atomic E-state index is 10.6. The number of hydrogen-bond acceptors (Lipinski definition) is 7. The molecule has 0 unspecified atom stereocenters. The predicted octanol–water partition coefficient (Wildman–Crippen LogP) is 3.84. The summed E-state index contributed by atoms with van der Waals surface area (Å²) >= 11 is 0.